The van der Waals surface area contributed by atoms with Crippen LogP contribution in [-0.4, -0.2) is 17.6 Å². The monoisotopic (exact) mass is 232 g/mol. The van der Waals surface area contributed by atoms with Crippen molar-refractivity contribution < 1.29 is 0 Å². The molecular weight excluding hydrogens is 216 g/mol. The van der Waals surface area contributed by atoms with E-state index in [0.29, 0.717) is 12.0 Å². The summed E-state index contributed by atoms with van der Waals surface area (Å²) in [6.45, 7) is 5.53. The fraction of sp³-hybridized carbons (Fsp3) is 0.462. The van der Waals surface area contributed by atoms with E-state index in [0.717, 1.165) is 6.54 Å². The molecular formula is C13H16N2S. The van der Waals surface area contributed by atoms with Crippen molar-refractivity contribution in [3.05, 3.63) is 28.8 Å². The van der Waals surface area contributed by atoms with Gasteiger partial charge in [0.15, 0.2) is 0 Å². The lowest BCUT2D eigenvalue weighted by Gasteiger charge is -2.10. The van der Waals surface area contributed by atoms with Gasteiger partial charge in [-0.25, -0.2) is 4.98 Å². The Bertz CT molecular complexity index is 518. The lowest BCUT2D eigenvalue weighted by atomic mass is 10.0. The van der Waals surface area contributed by atoms with Gasteiger partial charge in [0, 0.05) is 12.0 Å². The van der Waals surface area contributed by atoms with Crippen LogP contribution in [0, 0.1) is 6.92 Å². The first-order chi connectivity index (χ1) is 7.75. The fourth-order valence-electron chi connectivity index (χ4n) is 2.46. The van der Waals surface area contributed by atoms with E-state index in [9.17, 15) is 0 Å². The molecule has 16 heavy (non-hydrogen) atoms. The molecule has 0 bridgehead atoms. The van der Waals surface area contributed by atoms with Gasteiger partial charge >= 0.3 is 0 Å². The topological polar surface area (TPSA) is 24.9 Å². The van der Waals surface area contributed by atoms with Crippen LogP contribution < -0.4 is 5.32 Å². The van der Waals surface area contributed by atoms with Crippen molar-refractivity contribution in [2.24, 2.45) is 0 Å². The number of nitrogens with one attached hydrogen (secondary N) is 1. The van der Waals surface area contributed by atoms with Crippen LogP contribution in [0.25, 0.3) is 10.2 Å². The van der Waals surface area contributed by atoms with Crippen LogP contribution in [0.15, 0.2) is 18.2 Å². The number of hydrogen-bond acceptors (Lipinski definition) is 3. The Labute approximate surface area is 99.7 Å². The van der Waals surface area contributed by atoms with E-state index in [4.69, 9.17) is 4.98 Å². The number of thiazole rings is 1. The predicted molar refractivity (Wildman–Crippen MR) is 69.2 cm³/mol. The molecule has 1 aromatic heterocycles. The standard InChI is InChI=1S/C13H16N2S/c1-8-4-3-5-11-12(8)15-13(16-11)10-6-7-14-9(10)2/h3-5,9-10,14H,6-7H2,1-2H3. The molecule has 2 aromatic rings. The number of aromatic nitrogens is 1. The van der Waals surface area contributed by atoms with Crippen molar-refractivity contribution in [3.63, 3.8) is 0 Å². The summed E-state index contributed by atoms with van der Waals surface area (Å²) in [6.07, 6.45) is 1.22. The molecule has 0 spiro atoms. The highest BCUT2D eigenvalue weighted by molar-refractivity contribution is 7.18. The summed E-state index contributed by atoms with van der Waals surface area (Å²) in [5.41, 5.74) is 2.49. The molecule has 1 aliphatic heterocycles. The smallest absolute Gasteiger partial charge is 0.0985 e. The van der Waals surface area contributed by atoms with Gasteiger partial charge < -0.3 is 5.32 Å². The minimum atomic E-state index is 0.570. The third kappa shape index (κ3) is 1.55. The van der Waals surface area contributed by atoms with Crippen molar-refractivity contribution >= 4 is 21.6 Å². The molecule has 0 aliphatic carbocycles. The number of benzene rings is 1. The van der Waals surface area contributed by atoms with Gasteiger partial charge in [-0.1, -0.05) is 12.1 Å². The highest BCUT2D eigenvalue weighted by Gasteiger charge is 2.27. The van der Waals surface area contributed by atoms with E-state index in [1.54, 1.807) is 0 Å². The first-order valence-corrected chi connectivity index (χ1v) is 6.67. The third-order valence-corrected chi connectivity index (χ3v) is 4.63. The van der Waals surface area contributed by atoms with Gasteiger partial charge in [0.05, 0.1) is 15.2 Å². The van der Waals surface area contributed by atoms with Crippen molar-refractivity contribution in [1.82, 2.24) is 10.3 Å². The van der Waals surface area contributed by atoms with Gasteiger partial charge in [0.1, 0.15) is 0 Å². The molecule has 2 heterocycles. The number of para-hydroxylation sites is 1. The molecule has 0 saturated carbocycles. The van der Waals surface area contributed by atoms with Gasteiger partial charge in [-0.3, -0.25) is 0 Å². The Morgan fingerprint density at radius 3 is 3.00 bits per heavy atom. The molecule has 2 atom stereocenters. The fourth-order valence-corrected chi connectivity index (χ4v) is 3.74. The van der Waals surface area contributed by atoms with Crippen LogP contribution in [0.2, 0.25) is 0 Å². The molecule has 1 fully saturated rings. The average molecular weight is 232 g/mol. The van der Waals surface area contributed by atoms with Crippen molar-refractivity contribution in [2.75, 3.05) is 6.54 Å². The molecule has 2 unspecified atom stereocenters. The molecule has 1 N–H and O–H groups in total. The zero-order chi connectivity index (χ0) is 11.1. The lowest BCUT2D eigenvalue weighted by molar-refractivity contribution is 0.592. The number of nitrogens with zero attached hydrogens (tertiary/aromatic N) is 1. The van der Waals surface area contributed by atoms with Crippen LogP contribution in [0.5, 0.6) is 0 Å². The number of fused-ring (bicyclic) bond motifs is 1. The normalized spacial score (nSPS) is 25.4. The van der Waals surface area contributed by atoms with E-state index in [2.05, 4.69) is 37.4 Å². The second-order valence-electron chi connectivity index (χ2n) is 4.61. The Hall–Kier alpha value is -0.930. The maximum absolute atomic E-state index is 4.82. The Kier molecular flexibility index (Phi) is 2.45. The summed E-state index contributed by atoms with van der Waals surface area (Å²) in [5.74, 6) is 0.608. The van der Waals surface area contributed by atoms with Gasteiger partial charge in [-0.15, -0.1) is 11.3 Å². The maximum atomic E-state index is 4.82. The Morgan fingerprint density at radius 1 is 1.44 bits per heavy atom. The van der Waals surface area contributed by atoms with E-state index in [1.165, 1.54) is 27.2 Å². The summed E-state index contributed by atoms with van der Waals surface area (Å²) in [7, 11) is 0. The second-order valence-corrected chi connectivity index (χ2v) is 5.67. The van der Waals surface area contributed by atoms with Crippen LogP contribution >= 0.6 is 11.3 Å². The van der Waals surface area contributed by atoms with E-state index >= 15 is 0 Å². The zero-order valence-electron chi connectivity index (χ0n) is 9.66. The minimum absolute atomic E-state index is 0.570. The summed E-state index contributed by atoms with van der Waals surface area (Å²) in [5, 5.41) is 4.80. The van der Waals surface area contributed by atoms with Crippen LogP contribution in [0.4, 0.5) is 0 Å². The SMILES string of the molecule is Cc1cccc2sc(C3CCNC3C)nc12. The van der Waals surface area contributed by atoms with E-state index in [1.807, 2.05) is 11.3 Å². The molecule has 84 valence electrons. The first kappa shape index (κ1) is 10.2. The van der Waals surface area contributed by atoms with Crippen molar-refractivity contribution in [1.29, 1.82) is 0 Å². The van der Waals surface area contributed by atoms with Crippen LogP contribution in [0.3, 0.4) is 0 Å². The van der Waals surface area contributed by atoms with Gasteiger partial charge in [-0.2, -0.15) is 0 Å². The Morgan fingerprint density at radius 2 is 2.31 bits per heavy atom. The van der Waals surface area contributed by atoms with Crippen molar-refractivity contribution in [2.45, 2.75) is 32.2 Å². The van der Waals surface area contributed by atoms with Gasteiger partial charge in [0.2, 0.25) is 0 Å². The number of rotatable bonds is 1. The highest BCUT2D eigenvalue weighted by Crippen LogP contribution is 2.34. The molecule has 1 aromatic carbocycles. The largest absolute Gasteiger partial charge is 0.314 e. The predicted octanol–water partition coefficient (Wildman–Crippen LogP) is 3.07. The number of hydrogen-bond donors (Lipinski definition) is 1. The average Bonchev–Trinajstić information content (AvgIpc) is 2.84. The minimum Gasteiger partial charge on any atom is -0.314 e. The lowest BCUT2D eigenvalue weighted by Crippen LogP contribution is -2.21. The van der Waals surface area contributed by atoms with E-state index in [-0.39, 0.29) is 0 Å². The summed E-state index contributed by atoms with van der Waals surface area (Å²) in [4.78, 5) is 4.82. The summed E-state index contributed by atoms with van der Waals surface area (Å²) >= 11 is 1.86. The van der Waals surface area contributed by atoms with E-state index < -0.39 is 0 Å². The quantitative estimate of drug-likeness (QED) is 0.817. The molecule has 0 radical (unpaired) electrons. The summed E-state index contributed by atoms with van der Waals surface area (Å²) in [6, 6.07) is 7.01. The number of aryl methyl sites for hydroxylation is 1. The molecule has 0 amide bonds. The van der Waals surface area contributed by atoms with Gasteiger partial charge in [-0.05, 0) is 38.4 Å². The van der Waals surface area contributed by atoms with Crippen LogP contribution in [0.1, 0.15) is 29.8 Å². The molecule has 1 aliphatic rings. The highest BCUT2D eigenvalue weighted by atomic mass is 32.1. The molecule has 3 heteroatoms. The third-order valence-electron chi connectivity index (χ3n) is 3.48. The summed E-state index contributed by atoms with van der Waals surface area (Å²) < 4.78 is 1.33. The maximum Gasteiger partial charge on any atom is 0.0985 e. The first-order valence-electron chi connectivity index (χ1n) is 5.85. The Balaban J connectivity index is 2.08. The van der Waals surface area contributed by atoms with Crippen LogP contribution in [-0.2, 0) is 0 Å². The van der Waals surface area contributed by atoms with Gasteiger partial charge in [0.25, 0.3) is 0 Å². The molecule has 2 nitrogen and oxygen atoms in total. The molecule has 3 rings (SSSR count). The second kappa shape index (κ2) is 3.82. The van der Waals surface area contributed by atoms with Crippen molar-refractivity contribution in [3.8, 4) is 0 Å². The molecule has 1 saturated heterocycles. The zero-order valence-corrected chi connectivity index (χ0v) is 10.5.